The van der Waals surface area contributed by atoms with Gasteiger partial charge in [-0.2, -0.15) is 16.3 Å². The van der Waals surface area contributed by atoms with Crippen molar-refractivity contribution in [3.8, 4) is 11.5 Å². The van der Waals surface area contributed by atoms with Crippen molar-refractivity contribution < 1.29 is 18.0 Å². The SMILES string of the molecule is O=S(=O)(Cc1noc(-c2ccsc2)n1)CC1(O)CCCCC1. The van der Waals surface area contributed by atoms with E-state index in [0.717, 1.165) is 24.8 Å². The van der Waals surface area contributed by atoms with Crippen LogP contribution in [-0.4, -0.2) is 35.0 Å². The third-order valence-electron chi connectivity index (χ3n) is 3.86. The van der Waals surface area contributed by atoms with Gasteiger partial charge in [0.15, 0.2) is 15.7 Å². The Morgan fingerprint density at radius 2 is 2.09 bits per heavy atom. The maximum atomic E-state index is 12.3. The van der Waals surface area contributed by atoms with Crippen LogP contribution in [0.5, 0.6) is 0 Å². The summed E-state index contributed by atoms with van der Waals surface area (Å²) in [6.07, 6.45) is 3.88. The van der Waals surface area contributed by atoms with Crippen molar-refractivity contribution in [2.24, 2.45) is 0 Å². The number of aromatic nitrogens is 2. The lowest BCUT2D eigenvalue weighted by molar-refractivity contribution is 0.0257. The minimum Gasteiger partial charge on any atom is -0.389 e. The van der Waals surface area contributed by atoms with E-state index in [4.69, 9.17) is 4.52 Å². The molecule has 0 saturated heterocycles. The summed E-state index contributed by atoms with van der Waals surface area (Å²) in [5.41, 5.74) is -0.316. The summed E-state index contributed by atoms with van der Waals surface area (Å²) >= 11 is 1.50. The van der Waals surface area contributed by atoms with E-state index in [2.05, 4.69) is 10.1 Å². The zero-order chi connectivity index (χ0) is 15.6. The first-order valence-electron chi connectivity index (χ1n) is 7.24. The first-order valence-corrected chi connectivity index (χ1v) is 10.0. The molecule has 6 nitrogen and oxygen atoms in total. The van der Waals surface area contributed by atoms with Gasteiger partial charge >= 0.3 is 0 Å². The van der Waals surface area contributed by atoms with Crippen LogP contribution in [0.1, 0.15) is 37.9 Å². The van der Waals surface area contributed by atoms with Crippen molar-refractivity contribution in [3.05, 3.63) is 22.7 Å². The summed E-state index contributed by atoms with van der Waals surface area (Å²) in [7, 11) is -3.48. The third-order valence-corrected chi connectivity index (χ3v) is 6.22. The first kappa shape index (κ1) is 15.6. The van der Waals surface area contributed by atoms with Gasteiger partial charge in [-0.05, 0) is 24.3 Å². The molecule has 0 aromatic carbocycles. The summed E-state index contributed by atoms with van der Waals surface area (Å²) in [4.78, 5) is 4.12. The van der Waals surface area contributed by atoms with Crippen LogP contribution in [0.15, 0.2) is 21.3 Å². The highest BCUT2D eigenvalue weighted by Crippen LogP contribution is 2.30. The second kappa shape index (κ2) is 6.10. The van der Waals surface area contributed by atoms with Gasteiger partial charge in [-0.25, -0.2) is 8.42 Å². The average molecular weight is 342 g/mol. The van der Waals surface area contributed by atoms with Crippen molar-refractivity contribution >= 4 is 21.2 Å². The molecule has 1 N–H and O–H groups in total. The molecule has 0 bridgehead atoms. The van der Waals surface area contributed by atoms with Crippen LogP contribution in [0.4, 0.5) is 0 Å². The van der Waals surface area contributed by atoms with Crippen LogP contribution in [0, 0.1) is 0 Å². The predicted molar refractivity (Wildman–Crippen MR) is 83.1 cm³/mol. The zero-order valence-electron chi connectivity index (χ0n) is 12.1. The van der Waals surface area contributed by atoms with Gasteiger partial charge in [0.1, 0.15) is 5.75 Å². The van der Waals surface area contributed by atoms with Gasteiger partial charge in [0.2, 0.25) is 0 Å². The number of hydrogen-bond donors (Lipinski definition) is 1. The monoisotopic (exact) mass is 342 g/mol. The predicted octanol–water partition coefficient (Wildman–Crippen LogP) is 2.41. The Hall–Kier alpha value is -1.25. The average Bonchev–Trinajstić information content (AvgIpc) is 3.07. The van der Waals surface area contributed by atoms with Gasteiger partial charge < -0.3 is 9.63 Å². The summed E-state index contributed by atoms with van der Waals surface area (Å²) in [5, 5.41) is 17.9. The Bertz CT molecular complexity index is 716. The van der Waals surface area contributed by atoms with Crippen molar-refractivity contribution in [2.75, 3.05) is 5.75 Å². The number of aliphatic hydroxyl groups is 1. The van der Waals surface area contributed by atoms with Gasteiger partial charge in [-0.1, -0.05) is 24.4 Å². The molecule has 120 valence electrons. The van der Waals surface area contributed by atoms with Crippen LogP contribution >= 0.6 is 11.3 Å². The highest BCUT2D eigenvalue weighted by atomic mass is 32.2. The molecule has 1 aliphatic carbocycles. The van der Waals surface area contributed by atoms with Crippen LogP contribution < -0.4 is 0 Å². The number of hydrogen-bond acceptors (Lipinski definition) is 7. The van der Waals surface area contributed by atoms with Gasteiger partial charge in [0.25, 0.3) is 5.89 Å². The van der Waals surface area contributed by atoms with Crippen LogP contribution in [0.25, 0.3) is 11.5 Å². The Balaban J connectivity index is 1.69. The van der Waals surface area contributed by atoms with Crippen LogP contribution in [0.2, 0.25) is 0 Å². The molecule has 0 atom stereocenters. The molecule has 3 rings (SSSR count). The van der Waals surface area contributed by atoms with Crippen molar-refractivity contribution in [1.29, 1.82) is 0 Å². The largest absolute Gasteiger partial charge is 0.389 e. The lowest BCUT2D eigenvalue weighted by atomic mass is 9.86. The Morgan fingerprint density at radius 1 is 1.32 bits per heavy atom. The molecule has 0 radical (unpaired) electrons. The van der Waals surface area contributed by atoms with E-state index in [-0.39, 0.29) is 17.3 Å². The second-order valence-electron chi connectivity index (χ2n) is 5.85. The molecule has 1 aliphatic rings. The van der Waals surface area contributed by atoms with Gasteiger partial charge in [-0.3, -0.25) is 0 Å². The number of nitrogens with zero attached hydrogens (tertiary/aromatic N) is 2. The molecule has 8 heteroatoms. The van der Waals surface area contributed by atoms with Crippen LogP contribution in [0.3, 0.4) is 0 Å². The standard InChI is InChI=1S/C14H18N2O4S2/c17-14(5-2-1-3-6-14)10-22(18,19)9-12-15-13(20-16-12)11-4-7-21-8-11/h4,7-8,17H,1-3,5-6,9-10H2. The third kappa shape index (κ3) is 3.74. The normalized spacial score (nSPS) is 18.4. The quantitative estimate of drug-likeness (QED) is 0.897. The summed E-state index contributed by atoms with van der Waals surface area (Å²) < 4.78 is 29.7. The molecule has 1 saturated carbocycles. The number of thiophene rings is 1. The molecular weight excluding hydrogens is 324 g/mol. The first-order chi connectivity index (χ1) is 10.5. The summed E-state index contributed by atoms with van der Waals surface area (Å²) in [6.45, 7) is 0. The fraction of sp³-hybridized carbons (Fsp3) is 0.571. The van der Waals surface area contributed by atoms with E-state index >= 15 is 0 Å². The van der Waals surface area contributed by atoms with Gasteiger partial charge in [-0.15, -0.1) is 0 Å². The summed E-state index contributed by atoms with van der Waals surface area (Å²) in [5.74, 6) is -0.0749. The van der Waals surface area contributed by atoms with Gasteiger partial charge in [0.05, 0.1) is 16.9 Å². The van der Waals surface area contributed by atoms with E-state index in [1.54, 1.807) is 0 Å². The Morgan fingerprint density at radius 3 is 2.77 bits per heavy atom. The van der Waals surface area contributed by atoms with Crippen molar-refractivity contribution in [3.63, 3.8) is 0 Å². The lowest BCUT2D eigenvalue weighted by Gasteiger charge is -2.31. The fourth-order valence-electron chi connectivity index (χ4n) is 2.83. The molecule has 1 fully saturated rings. The van der Waals surface area contributed by atoms with Crippen molar-refractivity contribution in [2.45, 2.75) is 43.5 Å². The maximum absolute atomic E-state index is 12.3. The molecule has 2 aromatic rings. The Labute approximate surface area is 133 Å². The highest BCUT2D eigenvalue weighted by molar-refractivity contribution is 7.90. The second-order valence-corrected chi connectivity index (χ2v) is 8.69. The summed E-state index contributed by atoms with van der Waals surface area (Å²) in [6, 6.07) is 1.83. The topological polar surface area (TPSA) is 93.3 Å². The number of sulfone groups is 1. The number of rotatable bonds is 5. The molecule has 0 amide bonds. The van der Waals surface area contributed by atoms with Gasteiger partial charge in [0, 0.05) is 5.38 Å². The van der Waals surface area contributed by atoms with E-state index in [1.807, 2.05) is 16.8 Å². The van der Waals surface area contributed by atoms with E-state index in [0.29, 0.717) is 18.7 Å². The minimum atomic E-state index is -3.48. The molecular formula is C14H18N2O4S2. The molecule has 2 heterocycles. The van der Waals surface area contributed by atoms with Crippen molar-refractivity contribution in [1.82, 2.24) is 10.1 Å². The Kier molecular flexibility index (Phi) is 4.33. The van der Waals surface area contributed by atoms with E-state index < -0.39 is 15.4 Å². The molecule has 22 heavy (non-hydrogen) atoms. The zero-order valence-corrected chi connectivity index (χ0v) is 13.7. The molecule has 0 aliphatic heterocycles. The minimum absolute atomic E-state index is 0.139. The highest BCUT2D eigenvalue weighted by Gasteiger charge is 2.35. The lowest BCUT2D eigenvalue weighted by Crippen LogP contribution is -2.39. The fourth-order valence-corrected chi connectivity index (χ4v) is 5.18. The van der Waals surface area contributed by atoms with E-state index in [9.17, 15) is 13.5 Å². The van der Waals surface area contributed by atoms with E-state index in [1.165, 1.54) is 11.3 Å². The molecule has 0 spiro atoms. The maximum Gasteiger partial charge on any atom is 0.258 e. The molecule has 2 aromatic heterocycles. The molecule has 0 unspecified atom stereocenters. The van der Waals surface area contributed by atoms with Crippen LogP contribution in [-0.2, 0) is 15.6 Å². The smallest absolute Gasteiger partial charge is 0.258 e.